The van der Waals surface area contributed by atoms with E-state index in [1.807, 2.05) is 25.1 Å². The van der Waals surface area contributed by atoms with Crippen LogP contribution in [-0.2, 0) is 0 Å². The summed E-state index contributed by atoms with van der Waals surface area (Å²) in [6.45, 7) is 1.89. The molecule has 0 bridgehead atoms. The second-order valence-corrected chi connectivity index (χ2v) is 3.62. The van der Waals surface area contributed by atoms with Crippen molar-refractivity contribution in [2.45, 2.75) is 13.0 Å². The van der Waals surface area contributed by atoms with Gasteiger partial charge in [0, 0.05) is 11.9 Å². The summed E-state index contributed by atoms with van der Waals surface area (Å²) < 4.78 is 13.0. The Morgan fingerprint density at radius 1 is 1.31 bits per heavy atom. The SMILES string of the molecule is Cc1cccc(C(N)c2cncc(F)c2)n1. The lowest BCUT2D eigenvalue weighted by Crippen LogP contribution is -2.14. The maximum Gasteiger partial charge on any atom is 0.141 e. The Kier molecular flexibility index (Phi) is 2.92. The van der Waals surface area contributed by atoms with Gasteiger partial charge in [-0.1, -0.05) is 6.07 Å². The van der Waals surface area contributed by atoms with Crippen LogP contribution in [0.15, 0.2) is 36.7 Å². The molecule has 0 radical (unpaired) electrons. The number of aromatic nitrogens is 2. The van der Waals surface area contributed by atoms with Crippen LogP contribution in [0.3, 0.4) is 0 Å². The third kappa shape index (κ3) is 2.23. The van der Waals surface area contributed by atoms with Gasteiger partial charge in [0.05, 0.1) is 17.9 Å². The van der Waals surface area contributed by atoms with E-state index in [-0.39, 0.29) is 5.82 Å². The van der Waals surface area contributed by atoms with Gasteiger partial charge in [-0.05, 0) is 30.7 Å². The van der Waals surface area contributed by atoms with Crippen molar-refractivity contribution in [1.82, 2.24) is 9.97 Å². The second-order valence-electron chi connectivity index (χ2n) is 3.62. The maximum absolute atomic E-state index is 13.0. The predicted molar refractivity (Wildman–Crippen MR) is 59.2 cm³/mol. The van der Waals surface area contributed by atoms with E-state index in [1.54, 1.807) is 6.20 Å². The van der Waals surface area contributed by atoms with Gasteiger partial charge in [0.25, 0.3) is 0 Å². The number of nitrogens with two attached hydrogens (primary N) is 1. The number of nitrogens with zero attached hydrogens (tertiary/aromatic N) is 2. The lowest BCUT2D eigenvalue weighted by atomic mass is 10.1. The van der Waals surface area contributed by atoms with Crippen molar-refractivity contribution in [3.05, 3.63) is 59.4 Å². The molecule has 0 aliphatic heterocycles. The molecule has 1 atom stereocenters. The third-order valence-electron chi connectivity index (χ3n) is 2.31. The first kappa shape index (κ1) is 10.7. The summed E-state index contributed by atoms with van der Waals surface area (Å²) in [5.74, 6) is -0.388. The first-order chi connectivity index (χ1) is 7.66. The Morgan fingerprint density at radius 3 is 2.81 bits per heavy atom. The second kappa shape index (κ2) is 4.37. The summed E-state index contributed by atoms with van der Waals surface area (Å²) in [5, 5.41) is 0. The first-order valence-corrected chi connectivity index (χ1v) is 4.96. The highest BCUT2D eigenvalue weighted by molar-refractivity contribution is 5.25. The van der Waals surface area contributed by atoms with Gasteiger partial charge in [-0.15, -0.1) is 0 Å². The van der Waals surface area contributed by atoms with E-state index < -0.39 is 6.04 Å². The van der Waals surface area contributed by atoms with Crippen LogP contribution >= 0.6 is 0 Å². The Labute approximate surface area is 93.2 Å². The van der Waals surface area contributed by atoms with Crippen LogP contribution in [0.1, 0.15) is 23.0 Å². The number of pyridine rings is 2. The molecule has 0 aliphatic carbocycles. The molecule has 0 aromatic carbocycles. The number of hydrogen-bond acceptors (Lipinski definition) is 3. The normalized spacial score (nSPS) is 12.4. The molecule has 0 aliphatic rings. The fourth-order valence-electron chi connectivity index (χ4n) is 1.51. The first-order valence-electron chi connectivity index (χ1n) is 4.96. The third-order valence-corrected chi connectivity index (χ3v) is 2.31. The summed E-state index contributed by atoms with van der Waals surface area (Å²) in [6, 6.07) is 6.53. The number of halogens is 1. The van der Waals surface area contributed by atoms with E-state index in [0.717, 1.165) is 11.9 Å². The van der Waals surface area contributed by atoms with Gasteiger partial charge in [-0.25, -0.2) is 4.39 Å². The smallest absolute Gasteiger partial charge is 0.141 e. The van der Waals surface area contributed by atoms with E-state index in [9.17, 15) is 4.39 Å². The van der Waals surface area contributed by atoms with Crippen LogP contribution in [0.25, 0.3) is 0 Å². The zero-order valence-corrected chi connectivity index (χ0v) is 8.89. The molecule has 3 nitrogen and oxygen atoms in total. The van der Waals surface area contributed by atoms with Gasteiger partial charge < -0.3 is 5.73 Å². The average molecular weight is 217 g/mol. The molecule has 2 aromatic heterocycles. The molecular weight excluding hydrogens is 205 g/mol. The number of aryl methyl sites for hydroxylation is 1. The molecule has 1 unspecified atom stereocenters. The van der Waals surface area contributed by atoms with E-state index in [2.05, 4.69) is 9.97 Å². The molecule has 0 spiro atoms. The van der Waals surface area contributed by atoms with E-state index in [1.165, 1.54) is 6.07 Å². The highest BCUT2D eigenvalue weighted by atomic mass is 19.1. The fraction of sp³-hybridized carbons (Fsp3) is 0.167. The van der Waals surface area contributed by atoms with E-state index >= 15 is 0 Å². The minimum atomic E-state index is -0.442. The molecule has 0 amide bonds. The highest BCUT2D eigenvalue weighted by Crippen LogP contribution is 2.17. The van der Waals surface area contributed by atoms with Gasteiger partial charge in [-0.3, -0.25) is 9.97 Å². The standard InChI is InChI=1S/C12H12FN3/c1-8-3-2-4-11(16-8)12(14)9-5-10(13)7-15-6-9/h2-7,12H,14H2,1H3. The van der Waals surface area contributed by atoms with E-state index in [4.69, 9.17) is 5.73 Å². The van der Waals surface area contributed by atoms with Gasteiger partial charge in [0.15, 0.2) is 0 Å². The Hall–Kier alpha value is -1.81. The van der Waals surface area contributed by atoms with Crippen molar-refractivity contribution < 1.29 is 4.39 Å². The zero-order chi connectivity index (χ0) is 11.5. The van der Waals surface area contributed by atoms with Crippen LogP contribution in [0.2, 0.25) is 0 Å². The Bertz CT molecular complexity index is 454. The van der Waals surface area contributed by atoms with Gasteiger partial charge in [-0.2, -0.15) is 0 Å². The van der Waals surface area contributed by atoms with Crippen LogP contribution < -0.4 is 5.73 Å². The van der Waals surface area contributed by atoms with Crippen molar-refractivity contribution in [2.24, 2.45) is 5.73 Å². The number of hydrogen-bond donors (Lipinski definition) is 1. The average Bonchev–Trinajstić information content (AvgIpc) is 2.28. The Balaban J connectivity index is 2.35. The molecule has 0 saturated heterocycles. The molecule has 16 heavy (non-hydrogen) atoms. The molecule has 2 N–H and O–H groups in total. The topological polar surface area (TPSA) is 51.8 Å². The predicted octanol–water partition coefficient (Wildman–Crippen LogP) is 1.97. The lowest BCUT2D eigenvalue weighted by molar-refractivity contribution is 0.615. The zero-order valence-electron chi connectivity index (χ0n) is 8.89. The summed E-state index contributed by atoms with van der Waals surface area (Å²) in [4.78, 5) is 8.07. The van der Waals surface area contributed by atoms with Crippen LogP contribution in [0.4, 0.5) is 4.39 Å². The van der Waals surface area contributed by atoms with Gasteiger partial charge >= 0.3 is 0 Å². The van der Waals surface area contributed by atoms with Crippen molar-refractivity contribution in [1.29, 1.82) is 0 Å². The molecule has 2 rings (SSSR count). The van der Waals surface area contributed by atoms with Crippen molar-refractivity contribution in [3.8, 4) is 0 Å². The Morgan fingerprint density at radius 2 is 2.12 bits per heavy atom. The molecule has 0 fully saturated rings. The minimum absolute atomic E-state index is 0.388. The van der Waals surface area contributed by atoms with Crippen LogP contribution in [0, 0.1) is 12.7 Å². The summed E-state index contributed by atoms with van der Waals surface area (Å²) in [7, 11) is 0. The summed E-state index contributed by atoms with van der Waals surface area (Å²) in [6.07, 6.45) is 2.71. The van der Waals surface area contributed by atoms with Gasteiger partial charge in [0.1, 0.15) is 5.82 Å². The highest BCUT2D eigenvalue weighted by Gasteiger charge is 2.11. The largest absolute Gasteiger partial charge is 0.319 e. The molecule has 2 aromatic rings. The number of rotatable bonds is 2. The van der Waals surface area contributed by atoms with Gasteiger partial charge in [0.2, 0.25) is 0 Å². The quantitative estimate of drug-likeness (QED) is 0.836. The monoisotopic (exact) mass is 217 g/mol. The molecule has 0 saturated carbocycles. The molecule has 2 heterocycles. The maximum atomic E-state index is 13.0. The van der Waals surface area contributed by atoms with Crippen LogP contribution in [0.5, 0.6) is 0 Å². The summed E-state index contributed by atoms with van der Waals surface area (Å²) in [5.41, 5.74) is 8.21. The molecule has 82 valence electrons. The van der Waals surface area contributed by atoms with Crippen LogP contribution in [-0.4, -0.2) is 9.97 Å². The van der Waals surface area contributed by atoms with Crippen molar-refractivity contribution >= 4 is 0 Å². The molecule has 4 heteroatoms. The van der Waals surface area contributed by atoms with Crippen molar-refractivity contribution in [2.75, 3.05) is 0 Å². The van der Waals surface area contributed by atoms with E-state index in [0.29, 0.717) is 11.3 Å². The lowest BCUT2D eigenvalue weighted by Gasteiger charge is -2.11. The fourth-order valence-corrected chi connectivity index (χ4v) is 1.51. The summed E-state index contributed by atoms with van der Waals surface area (Å²) >= 11 is 0. The van der Waals surface area contributed by atoms with Crippen molar-refractivity contribution in [3.63, 3.8) is 0 Å². The molecular formula is C12H12FN3. The minimum Gasteiger partial charge on any atom is -0.319 e.